The third kappa shape index (κ3) is 2.93. The van der Waals surface area contributed by atoms with Crippen molar-refractivity contribution in [3.05, 3.63) is 33.4 Å². The Bertz CT molecular complexity index is 655. The lowest BCUT2D eigenvalue weighted by atomic mass is 10.1. The SMILES string of the molecule is CCC(=O)c1ccc2c(c1)sc(=O)n2CCN(C)C. The highest BCUT2D eigenvalue weighted by Crippen LogP contribution is 2.20. The van der Waals surface area contributed by atoms with Crippen LogP contribution in [-0.4, -0.2) is 35.9 Å². The van der Waals surface area contributed by atoms with Crippen LogP contribution in [0.5, 0.6) is 0 Å². The Labute approximate surface area is 116 Å². The summed E-state index contributed by atoms with van der Waals surface area (Å²) >= 11 is 1.21. The van der Waals surface area contributed by atoms with Crippen molar-refractivity contribution < 1.29 is 4.79 Å². The van der Waals surface area contributed by atoms with Crippen molar-refractivity contribution in [2.24, 2.45) is 0 Å². The summed E-state index contributed by atoms with van der Waals surface area (Å²) in [6.07, 6.45) is 0.488. The van der Waals surface area contributed by atoms with Crippen LogP contribution < -0.4 is 4.87 Å². The van der Waals surface area contributed by atoms with Crippen LogP contribution in [0.25, 0.3) is 10.2 Å². The maximum absolute atomic E-state index is 12.0. The molecule has 0 aliphatic rings. The van der Waals surface area contributed by atoms with Gasteiger partial charge in [-0.15, -0.1) is 0 Å². The first kappa shape index (κ1) is 14.0. The van der Waals surface area contributed by atoms with Gasteiger partial charge in [-0.25, -0.2) is 0 Å². The van der Waals surface area contributed by atoms with E-state index >= 15 is 0 Å². The van der Waals surface area contributed by atoms with Crippen molar-refractivity contribution in [2.45, 2.75) is 19.9 Å². The predicted molar refractivity (Wildman–Crippen MR) is 79.3 cm³/mol. The number of fused-ring (bicyclic) bond motifs is 1. The second kappa shape index (κ2) is 5.67. The monoisotopic (exact) mass is 278 g/mol. The smallest absolute Gasteiger partial charge is 0.308 e. The van der Waals surface area contributed by atoms with Gasteiger partial charge in [0.25, 0.3) is 0 Å². The normalized spacial score (nSPS) is 11.4. The Morgan fingerprint density at radius 2 is 2.11 bits per heavy atom. The lowest BCUT2D eigenvalue weighted by molar-refractivity contribution is 0.0988. The van der Waals surface area contributed by atoms with Gasteiger partial charge in [0.15, 0.2) is 5.78 Å². The average Bonchev–Trinajstić information content (AvgIpc) is 2.69. The van der Waals surface area contributed by atoms with E-state index in [1.165, 1.54) is 11.3 Å². The number of rotatable bonds is 5. The number of aromatic nitrogens is 1. The van der Waals surface area contributed by atoms with Crippen molar-refractivity contribution in [1.29, 1.82) is 0 Å². The molecule has 0 radical (unpaired) electrons. The first-order valence-corrected chi connectivity index (χ1v) is 7.16. The van der Waals surface area contributed by atoms with Crippen LogP contribution in [0.1, 0.15) is 23.7 Å². The number of Topliss-reactive ketones (excluding diaryl/α,β-unsaturated/α-hetero) is 1. The third-order valence-corrected chi connectivity index (χ3v) is 4.02. The van der Waals surface area contributed by atoms with Gasteiger partial charge in [-0.3, -0.25) is 14.2 Å². The molecule has 1 aromatic heterocycles. The molecule has 0 atom stereocenters. The highest BCUT2D eigenvalue weighted by Gasteiger charge is 2.10. The van der Waals surface area contributed by atoms with E-state index in [0.717, 1.165) is 16.8 Å². The summed E-state index contributed by atoms with van der Waals surface area (Å²) in [6, 6.07) is 5.53. The first-order valence-electron chi connectivity index (χ1n) is 6.34. The number of thiazole rings is 1. The van der Waals surface area contributed by atoms with E-state index in [0.29, 0.717) is 18.5 Å². The number of carbonyl (C=O) groups is 1. The van der Waals surface area contributed by atoms with Crippen molar-refractivity contribution in [3.63, 3.8) is 0 Å². The summed E-state index contributed by atoms with van der Waals surface area (Å²) in [5, 5.41) is 0. The minimum atomic E-state index is 0.0398. The molecular weight excluding hydrogens is 260 g/mol. The van der Waals surface area contributed by atoms with Crippen LogP contribution >= 0.6 is 11.3 Å². The molecule has 0 aliphatic carbocycles. The molecule has 5 heteroatoms. The van der Waals surface area contributed by atoms with Crippen LogP contribution in [0, 0.1) is 0 Å². The summed E-state index contributed by atoms with van der Waals surface area (Å²) < 4.78 is 2.67. The molecule has 1 heterocycles. The van der Waals surface area contributed by atoms with E-state index in [4.69, 9.17) is 0 Å². The zero-order valence-electron chi connectivity index (χ0n) is 11.5. The molecule has 0 unspecified atom stereocenters. The highest BCUT2D eigenvalue weighted by molar-refractivity contribution is 7.16. The van der Waals surface area contributed by atoms with Gasteiger partial charge in [-0.05, 0) is 32.3 Å². The Morgan fingerprint density at radius 1 is 1.37 bits per heavy atom. The maximum Gasteiger partial charge on any atom is 0.308 e. The molecule has 2 rings (SSSR count). The standard InChI is InChI=1S/C14H18N2O2S/c1-4-12(17)10-5-6-11-13(9-10)19-14(18)16(11)8-7-15(2)3/h5-6,9H,4,7-8H2,1-3H3. The molecule has 102 valence electrons. The van der Waals surface area contributed by atoms with E-state index in [-0.39, 0.29) is 10.7 Å². The van der Waals surface area contributed by atoms with E-state index in [1.54, 1.807) is 4.57 Å². The molecular formula is C14H18N2O2S. The van der Waals surface area contributed by atoms with E-state index in [2.05, 4.69) is 0 Å². The Kier molecular flexibility index (Phi) is 4.17. The topological polar surface area (TPSA) is 42.3 Å². The molecule has 0 fully saturated rings. The van der Waals surface area contributed by atoms with Crippen molar-refractivity contribution in [3.8, 4) is 0 Å². The Hall–Kier alpha value is -1.46. The average molecular weight is 278 g/mol. The first-order chi connectivity index (χ1) is 9.02. The summed E-state index contributed by atoms with van der Waals surface area (Å²) in [5.74, 6) is 0.114. The molecule has 0 saturated carbocycles. The molecule has 0 amide bonds. The van der Waals surface area contributed by atoms with Crippen LogP contribution in [0.2, 0.25) is 0 Å². The zero-order valence-corrected chi connectivity index (χ0v) is 12.3. The van der Waals surface area contributed by atoms with Crippen LogP contribution in [-0.2, 0) is 6.54 Å². The number of carbonyl (C=O) groups excluding carboxylic acids is 1. The number of benzene rings is 1. The summed E-state index contributed by atoms with van der Waals surface area (Å²) in [6.45, 7) is 3.34. The van der Waals surface area contributed by atoms with Gasteiger partial charge in [0.1, 0.15) is 0 Å². The number of hydrogen-bond donors (Lipinski definition) is 0. The van der Waals surface area contributed by atoms with Gasteiger partial charge in [0.2, 0.25) is 0 Å². The second-order valence-electron chi connectivity index (χ2n) is 4.78. The Morgan fingerprint density at radius 3 is 2.74 bits per heavy atom. The fourth-order valence-electron chi connectivity index (χ4n) is 1.96. The predicted octanol–water partition coefficient (Wildman–Crippen LogP) is 2.22. The molecule has 0 aliphatic heterocycles. The number of nitrogens with zero attached hydrogens (tertiary/aromatic N) is 2. The van der Waals surface area contributed by atoms with Gasteiger partial charge in [0.05, 0.1) is 10.2 Å². The Balaban J connectivity index is 2.42. The second-order valence-corrected chi connectivity index (χ2v) is 5.78. The van der Waals surface area contributed by atoms with E-state index in [9.17, 15) is 9.59 Å². The van der Waals surface area contributed by atoms with Crippen LogP contribution in [0.3, 0.4) is 0 Å². The van der Waals surface area contributed by atoms with Crippen molar-refractivity contribution in [1.82, 2.24) is 9.47 Å². The fraction of sp³-hybridized carbons (Fsp3) is 0.429. The largest absolute Gasteiger partial charge is 0.308 e. The maximum atomic E-state index is 12.0. The lowest BCUT2D eigenvalue weighted by Gasteiger charge is -2.10. The quantitative estimate of drug-likeness (QED) is 0.788. The molecule has 4 nitrogen and oxygen atoms in total. The number of ketones is 1. The minimum Gasteiger partial charge on any atom is -0.308 e. The molecule has 0 bridgehead atoms. The van der Waals surface area contributed by atoms with Gasteiger partial charge in [0, 0.05) is 25.1 Å². The molecule has 1 aromatic carbocycles. The molecule has 0 N–H and O–H groups in total. The lowest BCUT2D eigenvalue weighted by Crippen LogP contribution is -2.23. The van der Waals surface area contributed by atoms with Crippen molar-refractivity contribution >= 4 is 27.3 Å². The van der Waals surface area contributed by atoms with Crippen molar-refractivity contribution in [2.75, 3.05) is 20.6 Å². The van der Waals surface area contributed by atoms with Gasteiger partial charge in [-0.1, -0.05) is 18.3 Å². The number of hydrogen-bond acceptors (Lipinski definition) is 4. The molecule has 0 spiro atoms. The molecule has 0 saturated heterocycles. The summed E-state index contributed by atoms with van der Waals surface area (Å²) in [5.41, 5.74) is 1.61. The van der Waals surface area contributed by atoms with Crippen LogP contribution in [0.4, 0.5) is 0 Å². The van der Waals surface area contributed by atoms with Crippen LogP contribution in [0.15, 0.2) is 23.0 Å². The minimum absolute atomic E-state index is 0.0398. The van der Waals surface area contributed by atoms with Gasteiger partial charge < -0.3 is 4.90 Å². The molecule has 2 aromatic rings. The highest BCUT2D eigenvalue weighted by atomic mass is 32.1. The number of likely N-dealkylation sites (N-methyl/N-ethyl adjacent to an activating group) is 1. The van der Waals surface area contributed by atoms with Gasteiger partial charge >= 0.3 is 4.87 Å². The molecule has 19 heavy (non-hydrogen) atoms. The summed E-state index contributed by atoms with van der Waals surface area (Å²) in [4.78, 5) is 25.7. The zero-order chi connectivity index (χ0) is 14.0. The summed E-state index contributed by atoms with van der Waals surface area (Å²) in [7, 11) is 3.97. The van der Waals surface area contributed by atoms with E-state index in [1.807, 2.05) is 44.1 Å². The fourth-order valence-corrected chi connectivity index (χ4v) is 2.91. The van der Waals surface area contributed by atoms with E-state index < -0.39 is 0 Å². The van der Waals surface area contributed by atoms with Gasteiger partial charge in [-0.2, -0.15) is 0 Å². The third-order valence-electron chi connectivity index (χ3n) is 3.08.